The minimum absolute atomic E-state index is 0.0439. The van der Waals surface area contributed by atoms with Crippen LogP contribution in [0.3, 0.4) is 0 Å². The maximum atomic E-state index is 11.7. The highest BCUT2D eigenvalue weighted by molar-refractivity contribution is 7.91. The summed E-state index contributed by atoms with van der Waals surface area (Å²) in [6.07, 6.45) is 1.60. The second-order valence-corrected chi connectivity index (χ2v) is 5.64. The van der Waals surface area contributed by atoms with Gasteiger partial charge >= 0.3 is 0 Å². The van der Waals surface area contributed by atoms with Crippen molar-refractivity contribution >= 4 is 15.5 Å². The van der Waals surface area contributed by atoms with Crippen molar-refractivity contribution in [2.75, 3.05) is 11.5 Å². The highest BCUT2D eigenvalue weighted by Crippen LogP contribution is 2.23. The first-order valence-electron chi connectivity index (χ1n) is 4.98. The summed E-state index contributed by atoms with van der Waals surface area (Å²) in [6.45, 7) is 3.60. The zero-order valence-corrected chi connectivity index (χ0v) is 10.1. The van der Waals surface area contributed by atoms with E-state index in [1.165, 1.54) is 4.68 Å². The van der Waals surface area contributed by atoms with Gasteiger partial charge in [0, 0.05) is 7.05 Å². The Labute approximate surface area is 90.2 Å². The first-order valence-corrected chi connectivity index (χ1v) is 6.63. The van der Waals surface area contributed by atoms with E-state index in [9.17, 15) is 8.42 Å². The monoisotopic (exact) mass is 231 g/mol. The van der Waals surface area contributed by atoms with Gasteiger partial charge in [0.15, 0.2) is 14.9 Å². The van der Waals surface area contributed by atoms with Crippen LogP contribution in [0.25, 0.3) is 0 Å². The number of aromatic nitrogens is 2. The third-order valence-electron chi connectivity index (χ3n) is 2.27. The molecule has 1 heterocycles. The Hall–Kier alpha value is -1.04. The smallest absolute Gasteiger partial charge is 0.197 e. The summed E-state index contributed by atoms with van der Waals surface area (Å²) in [5.74, 6) is 0.0439. The lowest BCUT2D eigenvalue weighted by Crippen LogP contribution is -2.11. The minimum atomic E-state index is -3.28. The van der Waals surface area contributed by atoms with Crippen LogP contribution in [0.5, 0.6) is 0 Å². The van der Waals surface area contributed by atoms with E-state index >= 15 is 0 Å². The Morgan fingerprint density at radius 1 is 1.40 bits per heavy atom. The van der Waals surface area contributed by atoms with Crippen LogP contribution in [0.15, 0.2) is 5.03 Å². The molecule has 86 valence electrons. The Balaban J connectivity index is 3.32. The van der Waals surface area contributed by atoms with Gasteiger partial charge in [-0.15, -0.1) is 0 Å². The van der Waals surface area contributed by atoms with Gasteiger partial charge in [0.2, 0.25) is 0 Å². The zero-order chi connectivity index (χ0) is 11.6. The number of sulfone groups is 1. The lowest BCUT2D eigenvalue weighted by Gasteiger charge is -2.02. The first-order chi connectivity index (χ1) is 6.94. The van der Waals surface area contributed by atoms with Crippen LogP contribution in [0, 0.1) is 0 Å². The SMILES string of the molecule is CCCc1nn(C)c(S(=O)(=O)CC)c1N. The van der Waals surface area contributed by atoms with Crippen LogP contribution in [-0.4, -0.2) is 24.0 Å². The first kappa shape index (κ1) is 12.0. The number of anilines is 1. The van der Waals surface area contributed by atoms with E-state index in [0.717, 1.165) is 6.42 Å². The van der Waals surface area contributed by atoms with Gasteiger partial charge in [0.1, 0.15) is 0 Å². The van der Waals surface area contributed by atoms with Gasteiger partial charge in [-0.05, 0) is 6.42 Å². The highest BCUT2D eigenvalue weighted by atomic mass is 32.2. The lowest BCUT2D eigenvalue weighted by atomic mass is 10.2. The van der Waals surface area contributed by atoms with Crippen molar-refractivity contribution in [1.82, 2.24) is 9.78 Å². The molecule has 0 aliphatic heterocycles. The van der Waals surface area contributed by atoms with Crippen molar-refractivity contribution in [3.05, 3.63) is 5.69 Å². The van der Waals surface area contributed by atoms with Gasteiger partial charge in [-0.2, -0.15) is 5.10 Å². The molecule has 5 nitrogen and oxygen atoms in total. The third kappa shape index (κ3) is 2.14. The third-order valence-corrected chi connectivity index (χ3v) is 4.10. The maximum absolute atomic E-state index is 11.7. The molecule has 0 bridgehead atoms. The summed E-state index contributed by atoms with van der Waals surface area (Å²) in [6, 6.07) is 0. The van der Waals surface area contributed by atoms with Crippen LogP contribution in [0.2, 0.25) is 0 Å². The molecule has 0 fully saturated rings. The van der Waals surface area contributed by atoms with E-state index in [2.05, 4.69) is 5.10 Å². The summed E-state index contributed by atoms with van der Waals surface area (Å²) in [7, 11) is -1.67. The lowest BCUT2D eigenvalue weighted by molar-refractivity contribution is 0.578. The molecular weight excluding hydrogens is 214 g/mol. The van der Waals surface area contributed by atoms with Gasteiger partial charge in [-0.25, -0.2) is 8.42 Å². The molecule has 0 amide bonds. The normalized spacial score (nSPS) is 11.9. The fourth-order valence-electron chi connectivity index (χ4n) is 1.51. The predicted octanol–water partition coefficient (Wildman–Crippen LogP) is 0.748. The van der Waals surface area contributed by atoms with Gasteiger partial charge in [0.25, 0.3) is 0 Å². The molecule has 0 radical (unpaired) electrons. The average Bonchev–Trinajstić information content (AvgIpc) is 2.43. The second-order valence-electron chi connectivity index (χ2n) is 3.44. The van der Waals surface area contributed by atoms with E-state index in [0.29, 0.717) is 17.8 Å². The second kappa shape index (κ2) is 4.22. The van der Waals surface area contributed by atoms with Gasteiger partial charge in [0.05, 0.1) is 17.1 Å². The van der Waals surface area contributed by atoms with Crippen LogP contribution < -0.4 is 5.73 Å². The van der Waals surface area contributed by atoms with Crippen molar-refractivity contribution in [1.29, 1.82) is 0 Å². The van der Waals surface area contributed by atoms with E-state index < -0.39 is 9.84 Å². The molecule has 6 heteroatoms. The molecule has 1 aromatic heterocycles. The number of nitrogens with two attached hydrogens (primary N) is 1. The molecule has 0 saturated heterocycles. The summed E-state index contributed by atoms with van der Waals surface area (Å²) in [5, 5.41) is 4.27. The number of nitrogens with zero attached hydrogens (tertiary/aromatic N) is 2. The topological polar surface area (TPSA) is 78.0 Å². The molecule has 0 aliphatic rings. The van der Waals surface area contributed by atoms with Gasteiger partial charge < -0.3 is 5.73 Å². The molecule has 0 aromatic carbocycles. The average molecular weight is 231 g/mol. The van der Waals surface area contributed by atoms with Gasteiger partial charge in [-0.3, -0.25) is 4.68 Å². The Bertz CT molecular complexity index is 448. The quantitative estimate of drug-likeness (QED) is 0.829. The number of hydrogen-bond acceptors (Lipinski definition) is 4. The summed E-state index contributed by atoms with van der Waals surface area (Å²) in [5.41, 5.74) is 6.77. The van der Waals surface area contributed by atoms with Gasteiger partial charge in [-0.1, -0.05) is 20.3 Å². The summed E-state index contributed by atoms with van der Waals surface area (Å²) < 4.78 is 24.8. The van der Waals surface area contributed by atoms with Crippen molar-refractivity contribution < 1.29 is 8.42 Å². The number of nitrogen functional groups attached to an aromatic ring is 1. The maximum Gasteiger partial charge on any atom is 0.197 e. The van der Waals surface area contributed by atoms with E-state index in [1.807, 2.05) is 6.92 Å². The van der Waals surface area contributed by atoms with E-state index in [4.69, 9.17) is 5.73 Å². The van der Waals surface area contributed by atoms with Crippen molar-refractivity contribution in [2.45, 2.75) is 31.7 Å². The number of hydrogen-bond donors (Lipinski definition) is 1. The molecular formula is C9H17N3O2S. The van der Waals surface area contributed by atoms with Crippen molar-refractivity contribution in [2.24, 2.45) is 7.05 Å². The van der Waals surface area contributed by atoms with Crippen LogP contribution >= 0.6 is 0 Å². The van der Waals surface area contributed by atoms with Crippen LogP contribution in [-0.2, 0) is 23.3 Å². The molecule has 0 spiro atoms. The van der Waals surface area contributed by atoms with Crippen LogP contribution in [0.4, 0.5) is 5.69 Å². The molecule has 15 heavy (non-hydrogen) atoms. The molecule has 0 unspecified atom stereocenters. The molecule has 0 aliphatic carbocycles. The predicted molar refractivity (Wildman–Crippen MR) is 59.3 cm³/mol. The van der Waals surface area contributed by atoms with E-state index in [1.54, 1.807) is 14.0 Å². The molecule has 0 atom stereocenters. The van der Waals surface area contributed by atoms with Crippen molar-refractivity contribution in [3.8, 4) is 0 Å². The standard InChI is InChI=1S/C9H17N3O2S/c1-4-6-7-8(10)9(12(3)11-7)15(13,14)5-2/h4-6,10H2,1-3H3. The minimum Gasteiger partial charge on any atom is -0.395 e. The molecule has 2 N–H and O–H groups in total. The van der Waals surface area contributed by atoms with Crippen LogP contribution in [0.1, 0.15) is 26.0 Å². The fraction of sp³-hybridized carbons (Fsp3) is 0.667. The highest BCUT2D eigenvalue weighted by Gasteiger charge is 2.23. The number of aryl methyl sites for hydroxylation is 2. The van der Waals surface area contributed by atoms with Crippen molar-refractivity contribution in [3.63, 3.8) is 0 Å². The summed E-state index contributed by atoms with van der Waals surface area (Å²) in [4.78, 5) is 0. The molecule has 0 saturated carbocycles. The number of rotatable bonds is 4. The Morgan fingerprint density at radius 2 is 2.00 bits per heavy atom. The Morgan fingerprint density at radius 3 is 2.47 bits per heavy atom. The zero-order valence-electron chi connectivity index (χ0n) is 9.32. The van der Waals surface area contributed by atoms with E-state index in [-0.39, 0.29) is 10.8 Å². The fourth-order valence-corrected chi connectivity index (χ4v) is 2.67. The summed E-state index contributed by atoms with van der Waals surface area (Å²) >= 11 is 0. The largest absolute Gasteiger partial charge is 0.395 e. The molecule has 1 aromatic rings. The Kier molecular flexibility index (Phi) is 3.38. The molecule has 1 rings (SSSR count).